The number of benzene rings is 2. The number of anilines is 1. The summed E-state index contributed by atoms with van der Waals surface area (Å²) >= 11 is 1.37. The van der Waals surface area contributed by atoms with Crippen molar-refractivity contribution >= 4 is 34.4 Å². The average molecular weight is 464 g/mol. The van der Waals surface area contributed by atoms with E-state index in [1.54, 1.807) is 18.2 Å². The van der Waals surface area contributed by atoms with E-state index < -0.39 is 0 Å². The third-order valence-corrected chi connectivity index (χ3v) is 6.64. The maximum absolute atomic E-state index is 12.6. The van der Waals surface area contributed by atoms with Crippen molar-refractivity contribution in [2.75, 3.05) is 24.2 Å². The molecule has 1 amide bonds. The number of aromatic nitrogens is 5. The molecule has 0 aliphatic carbocycles. The minimum absolute atomic E-state index is 0.146. The Morgan fingerprint density at radius 1 is 1.00 bits per heavy atom. The van der Waals surface area contributed by atoms with Gasteiger partial charge in [-0.2, -0.15) is 0 Å². The summed E-state index contributed by atoms with van der Waals surface area (Å²) in [5.41, 5.74) is 2.88. The van der Waals surface area contributed by atoms with E-state index in [-0.39, 0.29) is 17.3 Å². The third kappa shape index (κ3) is 5.18. The quantitative estimate of drug-likeness (QED) is 0.347. The number of thioether (sulfide) groups is 1. The van der Waals surface area contributed by atoms with Gasteiger partial charge in [-0.05, 0) is 49.7 Å². The molecule has 1 aliphatic rings. The van der Waals surface area contributed by atoms with Crippen LogP contribution in [-0.2, 0) is 17.9 Å². The molecule has 4 aromatic rings. The lowest BCUT2D eigenvalue weighted by molar-refractivity contribution is -0.113. The number of nitrogens with one attached hydrogen (secondary N) is 3. The number of nitrogens with zero attached hydrogens (tertiary/aromatic N) is 4. The van der Waals surface area contributed by atoms with Gasteiger partial charge >= 0.3 is 5.69 Å². The lowest BCUT2D eigenvalue weighted by Gasteiger charge is -2.16. The standard InChI is InChI=1S/C23H25N7O2S/c31-21(24-17-8-9-18-19(12-17)26-22(32)25-18)15-33-23-28-27-20(14-29-10-4-5-11-29)30(23)13-16-6-2-1-3-7-16/h1-3,6-9,12H,4-5,10-11,13-15H2,(H,24,31)(H2,25,26,32). The van der Waals surface area contributed by atoms with Crippen LogP contribution in [0.15, 0.2) is 58.5 Å². The number of amides is 1. The highest BCUT2D eigenvalue weighted by atomic mass is 32.2. The van der Waals surface area contributed by atoms with Crippen molar-refractivity contribution < 1.29 is 4.79 Å². The molecule has 9 nitrogen and oxygen atoms in total. The second kappa shape index (κ2) is 9.63. The van der Waals surface area contributed by atoms with E-state index in [9.17, 15) is 9.59 Å². The van der Waals surface area contributed by atoms with E-state index in [1.165, 1.54) is 30.2 Å². The fourth-order valence-electron chi connectivity index (χ4n) is 4.05. The molecule has 0 saturated carbocycles. The van der Waals surface area contributed by atoms with Crippen LogP contribution in [0.4, 0.5) is 5.69 Å². The first-order valence-corrected chi connectivity index (χ1v) is 12.0. The summed E-state index contributed by atoms with van der Waals surface area (Å²) in [6.45, 7) is 3.60. The number of hydrogen-bond donors (Lipinski definition) is 3. The summed E-state index contributed by atoms with van der Waals surface area (Å²) in [7, 11) is 0. The van der Waals surface area contributed by atoms with Crippen LogP contribution in [0, 0.1) is 0 Å². The fourth-order valence-corrected chi connectivity index (χ4v) is 4.80. The van der Waals surface area contributed by atoms with Crippen molar-refractivity contribution in [1.29, 1.82) is 0 Å². The molecular weight excluding hydrogens is 438 g/mol. The lowest BCUT2D eigenvalue weighted by atomic mass is 10.2. The fraction of sp³-hybridized carbons (Fsp3) is 0.304. The van der Waals surface area contributed by atoms with E-state index in [2.05, 4.69) is 47.1 Å². The number of fused-ring (bicyclic) bond motifs is 1. The molecule has 3 N–H and O–H groups in total. The van der Waals surface area contributed by atoms with Gasteiger partial charge in [0.15, 0.2) is 5.16 Å². The highest BCUT2D eigenvalue weighted by Crippen LogP contribution is 2.22. The van der Waals surface area contributed by atoms with Gasteiger partial charge in [0.05, 0.1) is 29.9 Å². The van der Waals surface area contributed by atoms with Crippen LogP contribution in [0.1, 0.15) is 24.2 Å². The van der Waals surface area contributed by atoms with Crippen LogP contribution in [-0.4, -0.2) is 54.4 Å². The van der Waals surface area contributed by atoms with Crippen molar-refractivity contribution in [3.05, 3.63) is 70.4 Å². The summed E-state index contributed by atoms with van der Waals surface area (Å²) < 4.78 is 2.11. The van der Waals surface area contributed by atoms with Crippen molar-refractivity contribution in [2.45, 2.75) is 31.1 Å². The van der Waals surface area contributed by atoms with Crippen molar-refractivity contribution in [1.82, 2.24) is 29.6 Å². The van der Waals surface area contributed by atoms with E-state index in [4.69, 9.17) is 0 Å². The molecule has 170 valence electrons. The number of rotatable bonds is 8. The van der Waals surface area contributed by atoms with Gasteiger partial charge in [0, 0.05) is 5.69 Å². The molecule has 1 aliphatic heterocycles. The van der Waals surface area contributed by atoms with Gasteiger partial charge in [-0.3, -0.25) is 9.69 Å². The lowest BCUT2D eigenvalue weighted by Crippen LogP contribution is -2.22. The molecule has 0 atom stereocenters. The van der Waals surface area contributed by atoms with Crippen LogP contribution in [0.2, 0.25) is 0 Å². The molecule has 2 aromatic carbocycles. The highest BCUT2D eigenvalue weighted by Gasteiger charge is 2.19. The monoisotopic (exact) mass is 463 g/mol. The Bertz CT molecular complexity index is 1310. The first-order valence-electron chi connectivity index (χ1n) is 11.0. The highest BCUT2D eigenvalue weighted by molar-refractivity contribution is 7.99. The Hall–Kier alpha value is -3.37. The largest absolute Gasteiger partial charge is 0.325 e. The second-order valence-electron chi connectivity index (χ2n) is 8.13. The van der Waals surface area contributed by atoms with Crippen molar-refractivity contribution in [3.8, 4) is 0 Å². The molecular formula is C23H25N7O2S. The molecule has 0 unspecified atom stereocenters. The molecule has 33 heavy (non-hydrogen) atoms. The van der Waals surface area contributed by atoms with Crippen LogP contribution in [0.5, 0.6) is 0 Å². The van der Waals surface area contributed by atoms with Crippen molar-refractivity contribution in [2.24, 2.45) is 0 Å². The Kier molecular flexibility index (Phi) is 6.27. The minimum Gasteiger partial charge on any atom is -0.325 e. The van der Waals surface area contributed by atoms with Gasteiger partial charge < -0.3 is 19.9 Å². The van der Waals surface area contributed by atoms with Crippen LogP contribution < -0.4 is 11.0 Å². The predicted molar refractivity (Wildman–Crippen MR) is 128 cm³/mol. The van der Waals surface area contributed by atoms with E-state index in [1.807, 2.05) is 18.2 Å². The summed E-state index contributed by atoms with van der Waals surface area (Å²) in [6, 6.07) is 15.5. The Morgan fingerprint density at radius 3 is 2.61 bits per heavy atom. The van der Waals surface area contributed by atoms with Crippen LogP contribution in [0.25, 0.3) is 11.0 Å². The Balaban J connectivity index is 1.28. The van der Waals surface area contributed by atoms with Gasteiger partial charge in [-0.25, -0.2) is 4.79 Å². The zero-order valence-corrected chi connectivity index (χ0v) is 18.9. The average Bonchev–Trinajstić information content (AvgIpc) is 3.54. The molecule has 0 spiro atoms. The molecule has 1 saturated heterocycles. The van der Waals surface area contributed by atoms with Crippen LogP contribution >= 0.6 is 11.8 Å². The Labute approximate surface area is 194 Å². The zero-order valence-electron chi connectivity index (χ0n) is 18.1. The number of likely N-dealkylation sites (tertiary alicyclic amines) is 1. The molecule has 3 heterocycles. The third-order valence-electron chi connectivity index (χ3n) is 5.67. The summed E-state index contributed by atoms with van der Waals surface area (Å²) in [5.74, 6) is 0.983. The summed E-state index contributed by atoms with van der Waals surface area (Å²) in [5, 5.41) is 12.5. The first kappa shape index (κ1) is 21.5. The molecule has 1 fully saturated rings. The van der Waals surface area contributed by atoms with E-state index >= 15 is 0 Å². The Morgan fingerprint density at radius 2 is 1.79 bits per heavy atom. The molecule has 0 radical (unpaired) electrons. The van der Waals surface area contributed by atoms with Gasteiger partial charge in [-0.1, -0.05) is 42.1 Å². The maximum Gasteiger partial charge on any atom is 0.323 e. The molecule has 5 rings (SSSR count). The van der Waals surface area contributed by atoms with Gasteiger partial charge in [0.25, 0.3) is 0 Å². The number of carbonyl (C=O) groups excluding carboxylic acids is 1. The predicted octanol–water partition coefficient (Wildman–Crippen LogP) is 2.82. The topological polar surface area (TPSA) is 112 Å². The number of carbonyl (C=O) groups is 1. The number of H-pyrrole nitrogens is 2. The van der Waals surface area contributed by atoms with Gasteiger partial charge in [0.1, 0.15) is 5.82 Å². The van der Waals surface area contributed by atoms with Gasteiger partial charge in [-0.15, -0.1) is 10.2 Å². The number of imidazole rings is 1. The first-order chi connectivity index (χ1) is 16.1. The second-order valence-corrected chi connectivity index (χ2v) is 9.07. The summed E-state index contributed by atoms with van der Waals surface area (Å²) in [6.07, 6.45) is 2.44. The molecule has 0 bridgehead atoms. The van der Waals surface area contributed by atoms with Crippen molar-refractivity contribution in [3.63, 3.8) is 0 Å². The van der Waals surface area contributed by atoms with Gasteiger partial charge in [0.2, 0.25) is 5.91 Å². The van der Waals surface area contributed by atoms with Crippen LogP contribution in [0.3, 0.4) is 0 Å². The van der Waals surface area contributed by atoms with E-state index in [0.29, 0.717) is 23.3 Å². The van der Waals surface area contributed by atoms with E-state index in [0.717, 1.165) is 30.6 Å². The summed E-state index contributed by atoms with van der Waals surface area (Å²) in [4.78, 5) is 31.8. The smallest absolute Gasteiger partial charge is 0.323 e. The minimum atomic E-state index is -0.272. The number of aromatic amines is 2. The number of hydrogen-bond acceptors (Lipinski definition) is 6. The zero-order chi connectivity index (χ0) is 22.6. The molecule has 10 heteroatoms. The normalized spacial score (nSPS) is 14.2. The maximum atomic E-state index is 12.6. The SMILES string of the molecule is O=C(CSc1nnc(CN2CCCC2)n1Cc1ccccc1)Nc1ccc2[nH]c(=O)[nH]c2c1. The molecule has 2 aromatic heterocycles.